The van der Waals surface area contributed by atoms with Gasteiger partial charge in [-0.3, -0.25) is 0 Å². The molecule has 4 nitrogen and oxygen atoms in total. The van der Waals surface area contributed by atoms with Gasteiger partial charge in [0.15, 0.2) is 6.29 Å². The monoisotopic (exact) mass is 281 g/mol. The van der Waals surface area contributed by atoms with Gasteiger partial charge in [-0.1, -0.05) is 0 Å². The van der Waals surface area contributed by atoms with Crippen LogP contribution in [0.25, 0.3) is 0 Å². The van der Waals surface area contributed by atoms with Gasteiger partial charge in [-0.2, -0.15) is 0 Å². The van der Waals surface area contributed by atoms with Crippen LogP contribution in [-0.2, 0) is 15.9 Å². The van der Waals surface area contributed by atoms with Gasteiger partial charge in [0.05, 0.1) is 12.3 Å². The Labute approximate surface area is 118 Å². The molecule has 110 valence electrons. The number of fused-ring (bicyclic) bond motifs is 1. The van der Waals surface area contributed by atoms with Crippen LogP contribution in [0.15, 0.2) is 12.1 Å². The quantitative estimate of drug-likeness (QED) is 0.865. The molecule has 0 bridgehead atoms. The van der Waals surface area contributed by atoms with Crippen molar-refractivity contribution in [3.05, 3.63) is 23.5 Å². The summed E-state index contributed by atoms with van der Waals surface area (Å²) in [7, 11) is 0. The number of halogens is 1. The van der Waals surface area contributed by atoms with Gasteiger partial charge >= 0.3 is 0 Å². The first kappa shape index (κ1) is 13.6. The van der Waals surface area contributed by atoms with E-state index in [0.717, 1.165) is 44.3 Å². The summed E-state index contributed by atoms with van der Waals surface area (Å²) >= 11 is 0. The second-order valence-corrected chi connectivity index (χ2v) is 5.39. The number of hydrogen-bond donors (Lipinski definition) is 1. The van der Waals surface area contributed by atoms with Crippen LogP contribution < -0.4 is 10.5 Å². The van der Waals surface area contributed by atoms with Crippen molar-refractivity contribution in [3.8, 4) is 5.75 Å². The number of ether oxygens (including phenoxy) is 3. The summed E-state index contributed by atoms with van der Waals surface area (Å²) in [6.45, 7) is 1.26. The number of nitrogen functional groups attached to an aromatic ring is 1. The molecule has 2 atom stereocenters. The highest BCUT2D eigenvalue weighted by molar-refractivity contribution is 5.58. The van der Waals surface area contributed by atoms with Gasteiger partial charge in [0.25, 0.3) is 0 Å². The predicted octanol–water partition coefficient (Wildman–Crippen LogP) is 2.64. The fraction of sp³-hybridized carbons (Fsp3) is 0.600. The molecule has 2 aliphatic heterocycles. The van der Waals surface area contributed by atoms with E-state index in [2.05, 4.69) is 0 Å². The van der Waals surface area contributed by atoms with E-state index in [-0.39, 0.29) is 18.2 Å². The summed E-state index contributed by atoms with van der Waals surface area (Å²) in [6.07, 6.45) is 4.61. The Bertz CT molecular complexity index is 474. The molecule has 2 heterocycles. The lowest BCUT2D eigenvalue weighted by Crippen LogP contribution is -2.32. The summed E-state index contributed by atoms with van der Waals surface area (Å²) in [5.41, 5.74) is 7.01. The Morgan fingerprint density at radius 3 is 3.00 bits per heavy atom. The third-order valence-electron chi connectivity index (χ3n) is 3.79. The Morgan fingerprint density at radius 1 is 1.30 bits per heavy atom. The summed E-state index contributed by atoms with van der Waals surface area (Å²) in [5.74, 6) is 0.297. The Kier molecular flexibility index (Phi) is 4.08. The van der Waals surface area contributed by atoms with Gasteiger partial charge in [0.1, 0.15) is 17.7 Å². The minimum Gasteiger partial charge on any atom is -0.486 e. The molecule has 1 fully saturated rings. The Morgan fingerprint density at radius 2 is 2.20 bits per heavy atom. The van der Waals surface area contributed by atoms with Crippen molar-refractivity contribution >= 4 is 5.69 Å². The van der Waals surface area contributed by atoms with Crippen molar-refractivity contribution in [2.75, 3.05) is 18.9 Å². The van der Waals surface area contributed by atoms with Crippen LogP contribution in [0.4, 0.5) is 10.1 Å². The predicted molar refractivity (Wildman–Crippen MR) is 73.1 cm³/mol. The van der Waals surface area contributed by atoms with Gasteiger partial charge in [-0.25, -0.2) is 4.39 Å². The lowest BCUT2D eigenvalue weighted by atomic mass is 10.0. The second-order valence-electron chi connectivity index (χ2n) is 5.39. The highest BCUT2D eigenvalue weighted by atomic mass is 19.1. The summed E-state index contributed by atoms with van der Waals surface area (Å²) in [4.78, 5) is 0. The third kappa shape index (κ3) is 3.04. The lowest BCUT2D eigenvalue weighted by molar-refractivity contribution is -0.174. The molecule has 1 saturated heterocycles. The second kappa shape index (κ2) is 5.97. The van der Waals surface area contributed by atoms with Crippen molar-refractivity contribution in [1.29, 1.82) is 0 Å². The van der Waals surface area contributed by atoms with E-state index in [0.29, 0.717) is 18.0 Å². The zero-order valence-electron chi connectivity index (χ0n) is 11.4. The number of rotatable bonds is 3. The van der Waals surface area contributed by atoms with Gasteiger partial charge < -0.3 is 19.9 Å². The van der Waals surface area contributed by atoms with Crippen molar-refractivity contribution in [2.24, 2.45) is 0 Å². The first-order chi connectivity index (χ1) is 9.72. The number of benzene rings is 1. The zero-order valence-corrected chi connectivity index (χ0v) is 11.4. The Hall–Kier alpha value is -1.33. The molecule has 2 unspecified atom stereocenters. The molecule has 0 spiro atoms. The molecule has 0 saturated carbocycles. The maximum atomic E-state index is 13.3. The maximum Gasteiger partial charge on any atom is 0.157 e. The van der Waals surface area contributed by atoms with Gasteiger partial charge in [-0.05, 0) is 43.7 Å². The molecular weight excluding hydrogens is 261 g/mol. The lowest BCUT2D eigenvalue weighted by Gasteiger charge is -2.29. The summed E-state index contributed by atoms with van der Waals surface area (Å²) in [6, 6.07) is 2.79. The topological polar surface area (TPSA) is 53.7 Å². The largest absolute Gasteiger partial charge is 0.486 e. The summed E-state index contributed by atoms with van der Waals surface area (Å²) in [5, 5.41) is 0. The Balaban J connectivity index is 1.58. The molecule has 1 aromatic rings. The van der Waals surface area contributed by atoms with Crippen molar-refractivity contribution in [3.63, 3.8) is 0 Å². The average Bonchev–Trinajstić information content (AvgIpc) is 2.46. The van der Waals surface area contributed by atoms with Gasteiger partial charge in [0.2, 0.25) is 0 Å². The minimum absolute atomic E-state index is 0.0409. The third-order valence-corrected chi connectivity index (χ3v) is 3.79. The molecule has 3 rings (SSSR count). The van der Waals surface area contributed by atoms with Crippen molar-refractivity contribution < 1.29 is 18.6 Å². The maximum absolute atomic E-state index is 13.3. The number of nitrogens with two attached hydrogens (primary N) is 1. The van der Waals surface area contributed by atoms with Crippen LogP contribution in [-0.4, -0.2) is 25.6 Å². The molecule has 5 heteroatoms. The van der Waals surface area contributed by atoms with E-state index in [9.17, 15) is 4.39 Å². The molecule has 1 aromatic carbocycles. The standard InChI is InChI=1S/C15H20FNO3/c16-11-7-10-4-5-12(20-15(10)13(17)8-11)9-19-14-3-1-2-6-18-14/h7-8,12,14H,1-6,9,17H2. The van der Waals surface area contributed by atoms with Crippen LogP contribution >= 0.6 is 0 Å². The van der Waals surface area contributed by atoms with E-state index >= 15 is 0 Å². The fourth-order valence-electron chi connectivity index (χ4n) is 2.72. The fourth-order valence-corrected chi connectivity index (χ4v) is 2.72. The van der Waals surface area contributed by atoms with Crippen LogP contribution in [0, 0.1) is 5.82 Å². The molecule has 2 N–H and O–H groups in total. The summed E-state index contributed by atoms with van der Waals surface area (Å²) < 4.78 is 30.4. The molecule has 0 radical (unpaired) electrons. The normalized spacial score (nSPS) is 25.9. The first-order valence-electron chi connectivity index (χ1n) is 7.20. The highest BCUT2D eigenvalue weighted by Gasteiger charge is 2.24. The van der Waals surface area contributed by atoms with Gasteiger partial charge in [-0.15, -0.1) is 0 Å². The number of aryl methyl sites for hydroxylation is 1. The molecule has 2 aliphatic rings. The van der Waals surface area contributed by atoms with E-state index in [1.54, 1.807) is 0 Å². The zero-order chi connectivity index (χ0) is 13.9. The SMILES string of the molecule is Nc1cc(F)cc2c1OC(COC1CCCCO1)CC2. The average molecular weight is 281 g/mol. The molecule has 0 amide bonds. The van der Waals surface area contributed by atoms with Crippen LogP contribution in [0.2, 0.25) is 0 Å². The highest BCUT2D eigenvalue weighted by Crippen LogP contribution is 2.34. The first-order valence-corrected chi connectivity index (χ1v) is 7.20. The van der Waals surface area contributed by atoms with E-state index < -0.39 is 0 Å². The van der Waals surface area contributed by atoms with Crippen molar-refractivity contribution in [1.82, 2.24) is 0 Å². The molecule has 20 heavy (non-hydrogen) atoms. The van der Waals surface area contributed by atoms with E-state index in [1.807, 2.05) is 0 Å². The molecule has 0 aliphatic carbocycles. The van der Waals surface area contributed by atoms with E-state index in [1.165, 1.54) is 12.1 Å². The smallest absolute Gasteiger partial charge is 0.157 e. The van der Waals surface area contributed by atoms with E-state index in [4.69, 9.17) is 19.9 Å². The number of hydrogen-bond acceptors (Lipinski definition) is 4. The number of anilines is 1. The van der Waals surface area contributed by atoms with Gasteiger partial charge in [0, 0.05) is 12.7 Å². The molecular formula is C15H20FNO3. The van der Waals surface area contributed by atoms with Crippen LogP contribution in [0.3, 0.4) is 0 Å². The minimum atomic E-state index is -0.310. The van der Waals surface area contributed by atoms with Crippen LogP contribution in [0.1, 0.15) is 31.2 Å². The van der Waals surface area contributed by atoms with Crippen molar-refractivity contribution in [2.45, 2.75) is 44.5 Å². The molecule has 0 aromatic heterocycles. The van der Waals surface area contributed by atoms with Crippen LogP contribution in [0.5, 0.6) is 5.75 Å².